The van der Waals surface area contributed by atoms with Crippen LogP contribution in [0.15, 0.2) is 12.3 Å². The number of nitrogens with zero attached hydrogens (tertiary/aromatic N) is 1. The fourth-order valence-corrected chi connectivity index (χ4v) is 1.22. The smallest absolute Gasteiger partial charge is 0.320 e. The second-order valence-electron chi connectivity index (χ2n) is 3.20. The monoisotopic (exact) mass is 226 g/mol. The summed E-state index contributed by atoms with van der Waals surface area (Å²) >= 11 is 0. The first-order chi connectivity index (χ1) is 7.58. The van der Waals surface area contributed by atoms with E-state index in [1.807, 2.05) is 0 Å². The second-order valence-corrected chi connectivity index (χ2v) is 3.20. The zero-order valence-corrected chi connectivity index (χ0v) is 9.14. The zero-order valence-electron chi connectivity index (χ0n) is 9.14. The fourth-order valence-electron chi connectivity index (χ4n) is 1.22. The molecule has 0 saturated carbocycles. The van der Waals surface area contributed by atoms with Crippen molar-refractivity contribution < 1.29 is 19.4 Å². The zero-order chi connectivity index (χ0) is 12.1. The minimum absolute atomic E-state index is 0.197. The van der Waals surface area contributed by atoms with Crippen LogP contribution >= 0.6 is 0 Å². The van der Waals surface area contributed by atoms with Crippen molar-refractivity contribution in [2.75, 3.05) is 14.2 Å². The maximum absolute atomic E-state index is 10.6. The summed E-state index contributed by atoms with van der Waals surface area (Å²) in [7, 11) is 2.97. The summed E-state index contributed by atoms with van der Waals surface area (Å²) in [6.45, 7) is 0. The Morgan fingerprint density at radius 3 is 2.75 bits per heavy atom. The minimum Gasteiger partial charge on any atom is -0.491 e. The molecule has 0 aromatic carbocycles. The van der Waals surface area contributed by atoms with E-state index < -0.39 is 12.0 Å². The van der Waals surface area contributed by atoms with Gasteiger partial charge >= 0.3 is 5.97 Å². The lowest BCUT2D eigenvalue weighted by Crippen LogP contribution is -2.32. The van der Waals surface area contributed by atoms with Crippen LogP contribution in [0.25, 0.3) is 0 Å². The third-order valence-electron chi connectivity index (χ3n) is 2.06. The summed E-state index contributed by atoms with van der Waals surface area (Å²) in [4.78, 5) is 14.6. The van der Waals surface area contributed by atoms with E-state index in [-0.39, 0.29) is 6.42 Å². The van der Waals surface area contributed by atoms with Crippen molar-refractivity contribution in [2.45, 2.75) is 12.5 Å². The van der Waals surface area contributed by atoms with E-state index in [0.29, 0.717) is 17.2 Å². The van der Waals surface area contributed by atoms with Crippen LogP contribution in [0.4, 0.5) is 0 Å². The molecular formula is C10H14N2O4. The molecule has 0 aliphatic carbocycles. The first-order valence-electron chi connectivity index (χ1n) is 4.63. The number of ether oxygens (including phenoxy) is 2. The molecule has 1 unspecified atom stereocenters. The highest BCUT2D eigenvalue weighted by molar-refractivity contribution is 5.73. The summed E-state index contributed by atoms with van der Waals surface area (Å²) in [6.07, 6.45) is 1.72. The molecule has 1 aromatic heterocycles. The number of carboxylic acid groups (broad SMARTS) is 1. The normalized spacial score (nSPS) is 11.9. The lowest BCUT2D eigenvalue weighted by atomic mass is 10.1. The van der Waals surface area contributed by atoms with Crippen molar-refractivity contribution in [3.63, 3.8) is 0 Å². The van der Waals surface area contributed by atoms with Gasteiger partial charge in [-0.3, -0.25) is 4.79 Å². The highest BCUT2D eigenvalue weighted by Gasteiger charge is 2.14. The van der Waals surface area contributed by atoms with E-state index in [1.54, 1.807) is 6.07 Å². The highest BCUT2D eigenvalue weighted by Crippen LogP contribution is 2.24. The van der Waals surface area contributed by atoms with Crippen molar-refractivity contribution in [1.82, 2.24) is 4.98 Å². The molecule has 6 heteroatoms. The average molecular weight is 226 g/mol. The number of hydrogen-bond donors (Lipinski definition) is 2. The van der Waals surface area contributed by atoms with Crippen LogP contribution in [0.5, 0.6) is 11.6 Å². The van der Waals surface area contributed by atoms with Crippen LogP contribution in [0.3, 0.4) is 0 Å². The van der Waals surface area contributed by atoms with Gasteiger partial charge in [-0.1, -0.05) is 0 Å². The molecule has 6 nitrogen and oxygen atoms in total. The number of aliphatic carboxylic acids is 1. The van der Waals surface area contributed by atoms with E-state index in [2.05, 4.69) is 4.98 Å². The first-order valence-corrected chi connectivity index (χ1v) is 4.63. The molecule has 1 rings (SSSR count). The maximum Gasteiger partial charge on any atom is 0.320 e. The van der Waals surface area contributed by atoms with E-state index in [4.69, 9.17) is 20.3 Å². The molecule has 3 N–H and O–H groups in total. The molecule has 88 valence electrons. The Morgan fingerprint density at radius 1 is 1.56 bits per heavy atom. The van der Waals surface area contributed by atoms with Gasteiger partial charge in [0.1, 0.15) is 6.04 Å². The van der Waals surface area contributed by atoms with Crippen molar-refractivity contribution >= 4 is 5.97 Å². The van der Waals surface area contributed by atoms with E-state index in [1.165, 1.54) is 20.4 Å². The molecule has 0 aliphatic heterocycles. The summed E-state index contributed by atoms with van der Waals surface area (Å²) in [5, 5.41) is 8.67. The average Bonchev–Trinajstić information content (AvgIpc) is 2.28. The Hall–Kier alpha value is -1.82. The van der Waals surface area contributed by atoms with Crippen LogP contribution in [-0.2, 0) is 11.2 Å². The van der Waals surface area contributed by atoms with Crippen molar-refractivity contribution in [1.29, 1.82) is 0 Å². The number of methoxy groups -OCH3 is 2. The van der Waals surface area contributed by atoms with Crippen LogP contribution in [-0.4, -0.2) is 36.3 Å². The SMILES string of the molecule is COc1cc(CC(N)C(=O)O)cnc1OC. The van der Waals surface area contributed by atoms with Gasteiger partial charge < -0.3 is 20.3 Å². The molecule has 0 aliphatic rings. The van der Waals surface area contributed by atoms with Gasteiger partial charge in [0, 0.05) is 6.20 Å². The molecule has 0 spiro atoms. The molecule has 1 heterocycles. The van der Waals surface area contributed by atoms with Gasteiger partial charge in [0.15, 0.2) is 5.75 Å². The van der Waals surface area contributed by atoms with Gasteiger partial charge in [-0.25, -0.2) is 4.98 Å². The van der Waals surface area contributed by atoms with Gasteiger partial charge in [-0.05, 0) is 18.1 Å². The first kappa shape index (κ1) is 12.3. The quantitative estimate of drug-likeness (QED) is 0.736. The Morgan fingerprint density at radius 2 is 2.25 bits per heavy atom. The number of rotatable bonds is 5. The van der Waals surface area contributed by atoms with E-state index in [0.717, 1.165) is 0 Å². The summed E-state index contributed by atoms with van der Waals surface area (Å²) in [5.74, 6) is -0.234. The largest absolute Gasteiger partial charge is 0.491 e. The number of hydrogen-bond acceptors (Lipinski definition) is 5. The predicted octanol–water partition coefficient (Wildman–Crippen LogP) is 0.0532. The van der Waals surface area contributed by atoms with Gasteiger partial charge in [0.25, 0.3) is 5.88 Å². The predicted molar refractivity (Wildman–Crippen MR) is 56.7 cm³/mol. The number of nitrogens with two attached hydrogens (primary N) is 1. The summed E-state index contributed by atoms with van der Waals surface area (Å²) in [6, 6.07) is 0.717. The van der Waals surface area contributed by atoms with Crippen molar-refractivity contribution in [3.8, 4) is 11.6 Å². The molecule has 1 aromatic rings. The molecule has 0 saturated heterocycles. The number of aromatic nitrogens is 1. The van der Waals surface area contributed by atoms with Crippen LogP contribution in [0.2, 0.25) is 0 Å². The molecule has 1 atom stereocenters. The Balaban J connectivity index is 2.86. The van der Waals surface area contributed by atoms with Crippen LogP contribution in [0, 0.1) is 0 Å². The Kier molecular flexibility index (Phi) is 4.07. The molecule has 0 radical (unpaired) electrons. The third kappa shape index (κ3) is 2.83. The van der Waals surface area contributed by atoms with E-state index >= 15 is 0 Å². The lowest BCUT2D eigenvalue weighted by Gasteiger charge is -2.10. The summed E-state index contributed by atoms with van der Waals surface area (Å²) in [5.41, 5.74) is 6.10. The molecule has 0 bridgehead atoms. The highest BCUT2D eigenvalue weighted by atomic mass is 16.5. The van der Waals surface area contributed by atoms with Gasteiger partial charge in [-0.15, -0.1) is 0 Å². The molecule has 0 fully saturated rings. The third-order valence-corrected chi connectivity index (χ3v) is 2.06. The van der Waals surface area contributed by atoms with Crippen molar-refractivity contribution in [3.05, 3.63) is 17.8 Å². The van der Waals surface area contributed by atoms with Gasteiger partial charge in [0.2, 0.25) is 0 Å². The molecule has 0 amide bonds. The molecule has 16 heavy (non-hydrogen) atoms. The fraction of sp³-hybridized carbons (Fsp3) is 0.400. The number of pyridine rings is 1. The van der Waals surface area contributed by atoms with E-state index in [9.17, 15) is 4.79 Å². The van der Waals surface area contributed by atoms with Gasteiger partial charge in [-0.2, -0.15) is 0 Å². The maximum atomic E-state index is 10.6. The number of carbonyl (C=O) groups is 1. The Labute approximate surface area is 93.0 Å². The second kappa shape index (κ2) is 5.32. The molecular weight excluding hydrogens is 212 g/mol. The minimum atomic E-state index is -1.05. The standard InChI is InChI=1S/C10H14N2O4/c1-15-8-4-6(3-7(11)10(13)14)5-12-9(8)16-2/h4-5,7H,3,11H2,1-2H3,(H,13,14). The van der Waals surface area contributed by atoms with Crippen molar-refractivity contribution in [2.24, 2.45) is 5.73 Å². The van der Waals surface area contributed by atoms with Gasteiger partial charge in [0.05, 0.1) is 14.2 Å². The van der Waals surface area contributed by atoms with Crippen LogP contribution < -0.4 is 15.2 Å². The van der Waals surface area contributed by atoms with Crippen LogP contribution in [0.1, 0.15) is 5.56 Å². The topological polar surface area (TPSA) is 94.7 Å². The summed E-state index contributed by atoms with van der Waals surface area (Å²) < 4.78 is 10.0. The lowest BCUT2D eigenvalue weighted by molar-refractivity contribution is -0.138. The Bertz CT molecular complexity index is 381. The number of carboxylic acids is 1.